The van der Waals surface area contributed by atoms with Crippen molar-refractivity contribution in [1.82, 2.24) is 9.55 Å². The number of hydrogen-bond acceptors (Lipinski definition) is 5. The van der Waals surface area contributed by atoms with E-state index in [4.69, 9.17) is 0 Å². The zero-order valence-electron chi connectivity index (χ0n) is 18.0. The Kier molecular flexibility index (Phi) is 4.22. The lowest BCUT2D eigenvalue weighted by Crippen LogP contribution is -2.41. The molecular weight excluding hydrogens is 420 g/mol. The fourth-order valence-corrected chi connectivity index (χ4v) is 5.05. The van der Waals surface area contributed by atoms with Crippen molar-refractivity contribution >= 4 is 45.0 Å². The average Bonchev–Trinajstić information content (AvgIpc) is 3.11. The molecule has 2 N–H and O–H groups in total. The number of imide groups is 1. The first-order chi connectivity index (χ1) is 15.9. The summed E-state index contributed by atoms with van der Waals surface area (Å²) in [6.45, 7) is 1.45. The van der Waals surface area contributed by atoms with Crippen LogP contribution in [0.1, 0.15) is 33.6 Å². The van der Waals surface area contributed by atoms with Crippen molar-refractivity contribution in [3.05, 3.63) is 70.1 Å². The molecule has 33 heavy (non-hydrogen) atoms. The Morgan fingerprint density at radius 3 is 2.42 bits per heavy atom. The van der Waals surface area contributed by atoms with Crippen LogP contribution in [0.3, 0.4) is 0 Å². The standard InChI is InChI=1S/C25H22N4O4/c1-27-21-13-14(5-7-19(21)26-25(27)33)29-23(31)17-4-2-3-16-20(28-11-9-15(30)10-12-28)8-6-18(22(16)17)24(29)32/h2-8,13,15,30H,9-12H2,1H3,(H,26,33). The Hall–Kier alpha value is -3.91. The molecule has 6 rings (SSSR count). The van der Waals surface area contributed by atoms with E-state index in [0.717, 1.165) is 24.2 Å². The second kappa shape index (κ2) is 7.05. The van der Waals surface area contributed by atoms with Crippen molar-refractivity contribution in [2.75, 3.05) is 22.9 Å². The van der Waals surface area contributed by atoms with Crippen LogP contribution in [0.15, 0.2) is 53.3 Å². The molecule has 0 bridgehead atoms. The van der Waals surface area contributed by atoms with Crippen molar-refractivity contribution in [2.24, 2.45) is 7.05 Å². The summed E-state index contributed by atoms with van der Waals surface area (Å²) in [6, 6.07) is 14.3. The molecule has 4 aromatic rings. The van der Waals surface area contributed by atoms with Gasteiger partial charge in [0.1, 0.15) is 0 Å². The van der Waals surface area contributed by atoms with Gasteiger partial charge in [0, 0.05) is 47.7 Å². The van der Waals surface area contributed by atoms with Gasteiger partial charge in [-0.15, -0.1) is 0 Å². The third-order valence-electron chi connectivity index (χ3n) is 6.84. The number of amides is 2. The number of hydrogen-bond donors (Lipinski definition) is 2. The van der Waals surface area contributed by atoms with Gasteiger partial charge < -0.3 is 15.0 Å². The summed E-state index contributed by atoms with van der Waals surface area (Å²) < 4.78 is 1.45. The quantitative estimate of drug-likeness (QED) is 0.465. The molecule has 0 saturated carbocycles. The molecule has 8 heteroatoms. The van der Waals surface area contributed by atoms with Crippen LogP contribution < -0.4 is 15.5 Å². The number of carbonyl (C=O) groups is 2. The van der Waals surface area contributed by atoms with Crippen LogP contribution >= 0.6 is 0 Å². The Balaban J connectivity index is 1.49. The highest BCUT2D eigenvalue weighted by atomic mass is 16.3. The number of anilines is 2. The summed E-state index contributed by atoms with van der Waals surface area (Å²) in [6.07, 6.45) is 1.10. The van der Waals surface area contributed by atoms with Gasteiger partial charge in [0.05, 0.1) is 22.8 Å². The molecule has 0 radical (unpaired) electrons. The highest BCUT2D eigenvalue weighted by molar-refractivity contribution is 6.36. The van der Waals surface area contributed by atoms with E-state index in [1.54, 1.807) is 37.4 Å². The number of imidazole rings is 1. The van der Waals surface area contributed by atoms with Gasteiger partial charge in [-0.3, -0.25) is 14.2 Å². The smallest absolute Gasteiger partial charge is 0.326 e. The molecular formula is C25H22N4O4. The molecule has 0 aliphatic carbocycles. The van der Waals surface area contributed by atoms with Crippen LogP contribution in [0.25, 0.3) is 21.8 Å². The third-order valence-corrected chi connectivity index (χ3v) is 6.84. The van der Waals surface area contributed by atoms with Crippen molar-refractivity contribution < 1.29 is 14.7 Å². The highest BCUT2D eigenvalue weighted by Crippen LogP contribution is 2.38. The average molecular weight is 442 g/mol. The second-order valence-electron chi connectivity index (χ2n) is 8.71. The predicted molar refractivity (Wildman–Crippen MR) is 126 cm³/mol. The maximum absolute atomic E-state index is 13.6. The number of aryl methyl sites for hydroxylation is 1. The van der Waals surface area contributed by atoms with E-state index in [1.165, 1.54) is 9.47 Å². The van der Waals surface area contributed by atoms with Crippen LogP contribution in [-0.4, -0.2) is 45.7 Å². The van der Waals surface area contributed by atoms with Crippen molar-refractivity contribution in [2.45, 2.75) is 18.9 Å². The SMILES string of the molecule is Cn1c(=O)[nH]c2ccc(N3C(=O)c4cccc5c(N6CCC(O)CC6)ccc(c45)C3=O)cc21. The van der Waals surface area contributed by atoms with E-state index in [2.05, 4.69) is 9.88 Å². The van der Waals surface area contributed by atoms with Crippen molar-refractivity contribution in [3.8, 4) is 0 Å². The monoisotopic (exact) mass is 442 g/mol. The first-order valence-electron chi connectivity index (χ1n) is 11.0. The second-order valence-corrected chi connectivity index (χ2v) is 8.71. The number of benzene rings is 3. The Morgan fingerprint density at radius 1 is 0.939 bits per heavy atom. The van der Waals surface area contributed by atoms with Crippen molar-refractivity contribution in [1.29, 1.82) is 0 Å². The minimum Gasteiger partial charge on any atom is -0.393 e. The molecule has 1 saturated heterocycles. The largest absolute Gasteiger partial charge is 0.393 e. The van der Waals surface area contributed by atoms with Crippen LogP contribution in [0.5, 0.6) is 0 Å². The summed E-state index contributed by atoms with van der Waals surface area (Å²) in [7, 11) is 1.64. The number of nitrogens with one attached hydrogen (secondary N) is 1. The van der Waals surface area contributed by atoms with E-state index in [0.29, 0.717) is 46.1 Å². The van der Waals surface area contributed by atoms with Crippen molar-refractivity contribution in [3.63, 3.8) is 0 Å². The minimum absolute atomic E-state index is 0.258. The molecule has 0 atom stereocenters. The molecule has 2 amide bonds. The van der Waals surface area contributed by atoms with Crippen LogP contribution in [0.2, 0.25) is 0 Å². The van der Waals surface area contributed by atoms with Gasteiger partial charge in [0.15, 0.2) is 0 Å². The number of aromatic amines is 1. The van der Waals surface area contributed by atoms with Gasteiger partial charge in [0.25, 0.3) is 11.8 Å². The summed E-state index contributed by atoms with van der Waals surface area (Å²) in [5.74, 6) is -0.770. The number of aliphatic hydroxyl groups excluding tert-OH is 1. The molecule has 2 aliphatic rings. The summed E-state index contributed by atoms with van der Waals surface area (Å²) in [5, 5.41) is 11.4. The maximum Gasteiger partial charge on any atom is 0.326 e. The Morgan fingerprint density at radius 2 is 1.67 bits per heavy atom. The topological polar surface area (TPSA) is 98.6 Å². The van der Waals surface area contributed by atoms with Gasteiger partial charge in [-0.1, -0.05) is 12.1 Å². The van der Waals surface area contributed by atoms with Gasteiger partial charge in [0.2, 0.25) is 0 Å². The Bertz CT molecular complexity index is 1500. The van der Waals surface area contributed by atoms with Gasteiger partial charge in [-0.05, 0) is 49.2 Å². The van der Waals surface area contributed by atoms with E-state index < -0.39 is 0 Å². The number of fused-ring (bicyclic) bond motifs is 1. The number of rotatable bonds is 2. The lowest BCUT2D eigenvalue weighted by atomic mass is 9.92. The molecule has 8 nitrogen and oxygen atoms in total. The molecule has 2 aliphatic heterocycles. The molecule has 1 aromatic heterocycles. The van der Waals surface area contributed by atoms with Gasteiger partial charge in [-0.2, -0.15) is 0 Å². The normalized spacial score (nSPS) is 16.9. The van der Waals surface area contributed by atoms with Gasteiger partial charge in [-0.25, -0.2) is 9.69 Å². The number of H-pyrrole nitrogens is 1. The fraction of sp³-hybridized carbons (Fsp3) is 0.240. The summed E-state index contributed by atoms with van der Waals surface area (Å²) in [5.41, 5.74) is 3.34. The maximum atomic E-state index is 13.6. The molecule has 0 spiro atoms. The van der Waals surface area contributed by atoms with Crippen LogP contribution in [-0.2, 0) is 7.05 Å². The summed E-state index contributed by atoms with van der Waals surface area (Å²) in [4.78, 5) is 45.2. The Labute approximate surface area is 188 Å². The molecule has 3 heterocycles. The predicted octanol–water partition coefficient (Wildman–Crippen LogP) is 2.78. The zero-order valence-corrected chi connectivity index (χ0v) is 18.0. The van der Waals surface area contributed by atoms with Crippen LogP contribution in [0.4, 0.5) is 11.4 Å². The first-order valence-corrected chi connectivity index (χ1v) is 11.0. The number of aromatic nitrogens is 2. The fourth-order valence-electron chi connectivity index (χ4n) is 5.05. The zero-order chi connectivity index (χ0) is 22.9. The minimum atomic E-state index is -0.385. The first kappa shape index (κ1) is 19.8. The van der Waals surface area contributed by atoms with E-state index >= 15 is 0 Å². The lowest BCUT2D eigenvalue weighted by Gasteiger charge is -2.34. The molecule has 166 valence electrons. The molecule has 1 fully saturated rings. The third kappa shape index (κ3) is 2.84. The van der Waals surface area contributed by atoms with E-state index in [1.807, 2.05) is 18.2 Å². The number of carbonyl (C=O) groups excluding carboxylic acids is 2. The van der Waals surface area contributed by atoms with Gasteiger partial charge >= 0.3 is 5.69 Å². The number of nitrogens with zero attached hydrogens (tertiary/aromatic N) is 3. The molecule has 3 aromatic carbocycles. The van der Waals surface area contributed by atoms with Crippen LogP contribution in [0, 0.1) is 0 Å². The molecule has 0 unspecified atom stereocenters. The highest BCUT2D eigenvalue weighted by Gasteiger charge is 2.35. The number of piperidine rings is 1. The van der Waals surface area contributed by atoms with E-state index in [-0.39, 0.29) is 23.6 Å². The number of aliphatic hydroxyl groups is 1. The lowest BCUT2D eigenvalue weighted by molar-refractivity contribution is 0.0893. The van der Waals surface area contributed by atoms with E-state index in [9.17, 15) is 19.5 Å². The summed E-state index contributed by atoms with van der Waals surface area (Å²) >= 11 is 0.